The van der Waals surface area contributed by atoms with Crippen LogP contribution in [0.15, 0.2) is 42.5 Å². The molecule has 2 aromatic rings. The first kappa shape index (κ1) is 14.4. The van der Waals surface area contributed by atoms with Crippen molar-refractivity contribution in [3.63, 3.8) is 0 Å². The summed E-state index contributed by atoms with van der Waals surface area (Å²) in [5.74, 6) is 0. The summed E-state index contributed by atoms with van der Waals surface area (Å²) in [6.45, 7) is 5.20. The summed E-state index contributed by atoms with van der Waals surface area (Å²) >= 11 is 12.3. The Morgan fingerprint density at radius 1 is 1.05 bits per heavy atom. The molecule has 0 spiro atoms. The highest BCUT2D eigenvalue weighted by atomic mass is 35.5. The first-order valence-corrected chi connectivity index (χ1v) is 7.16. The minimum absolute atomic E-state index is 0.285. The lowest BCUT2D eigenvalue weighted by Gasteiger charge is -2.18. The Labute approximate surface area is 124 Å². The maximum atomic E-state index is 6.31. The van der Waals surface area contributed by atoms with Crippen LogP contribution < -0.4 is 5.32 Å². The summed E-state index contributed by atoms with van der Waals surface area (Å²) in [5.41, 5.74) is 3.41. The van der Waals surface area contributed by atoms with Gasteiger partial charge in [0.05, 0.1) is 0 Å². The fourth-order valence-electron chi connectivity index (χ4n) is 2.24. The molecule has 1 unspecified atom stereocenters. The summed E-state index contributed by atoms with van der Waals surface area (Å²) in [5, 5.41) is 4.78. The van der Waals surface area contributed by atoms with E-state index in [1.165, 1.54) is 5.56 Å². The molecule has 0 saturated carbocycles. The molecule has 100 valence electrons. The lowest BCUT2D eigenvalue weighted by atomic mass is 9.95. The van der Waals surface area contributed by atoms with E-state index in [0.717, 1.165) is 17.7 Å². The van der Waals surface area contributed by atoms with Gasteiger partial charge in [0.1, 0.15) is 0 Å². The Morgan fingerprint density at radius 3 is 2.47 bits per heavy atom. The van der Waals surface area contributed by atoms with Crippen LogP contribution in [0.1, 0.15) is 25.5 Å². The second kappa shape index (κ2) is 6.42. The summed E-state index contributed by atoms with van der Waals surface area (Å²) in [6.07, 6.45) is 0. The Kier molecular flexibility index (Phi) is 4.87. The SMILES string of the molecule is CCNC(C)c1ccccc1-c1ccc(Cl)cc1Cl. The van der Waals surface area contributed by atoms with Crippen LogP contribution in [0.2, 0.25) is 10.0 Å². The average molecular weight is 294 g/mol. The van der Waals surface area contributed by atoms with Gasteiger partial charge in [-0.05, 0) is 36.7 Å². The highest BCUT2D eigenvalue weighted by Gasteiger charge is 2.12. The molecule has 0 fully saturated rings. The maximum absolute atomic E-state index is 6.31. The molecule has 1 N–H and O–H groups in total. The molecule has 0 bridgehead atoms. The van der Waals surface area contributed by atoms with E-state index >= 15 is 0 Å². The molecule has 0 aliphatic rings. The van der Waals surface area contributed by atoms with Gasteiger partial charge in [-0.25, -0.2) is 0 Å². The quantitative estimate of drug-likeness (QED) is 0.803. The molecule has 0 radical (unpaired) electrons. The first-order chi connectivity index (χ1) is 9.13. The molecule has 0 amide bonds. The van der Waals surface area contributed by atoms with E-state index in [1.54, 1.807) is 6.07 Å². The van der Waals surface area contributed by atoms with Crippen molar-refractivity contribution >= 4 is 23.2 Å². The summed E-state index contributed by atoms with van der Waals surface area (Å²) in [7, 11) is 0. The molecule has 0 aliphatic heterocycles. The van der Waals surface area contributed by atoms with Crippen LogP contribution in [0.5, 0.6) is 0 Å². The van der Waals surface area contributed by atoms with Crippen LogP contribution in [-0.4, -0.2) is 6.54 Å². The van der Waals surface area contributed by atoms with E-state index in [-0.39, 0.29) is 6.04 Å². The zero-order valence-electron chi connectivity index (χ0n) is 11.1. The fourth-order valence-corrected chi connectivity index (χ4v) is 2.75. The molecule has 0 aliphatic carbocycles. The number of rotatable bonds is 4. The third-order valence-electron chi connectivity index (χ3n) is 3.16. The van der Waals surface area contributed by atoms with E-state index in [2.05, 4.69) is 37.4 Å². The Hall–Kier alpha value is -1.02. The van der Waals surface area contributed by atoms with Crippen LogP contribution in [-0.2, 0) is 0 Å². The van der Waals surface area contributed by atoms with Crippen molar-refractivity contribution in [2.24, 2.45) is 0 Å². The molecule has 2 rings (SSSR count). The van der Waals surface area contributed by atoms with Gasteiger partial charge in [-0.1, -0.05) is 60.5 Å². The van der Waals surface area contributed by atoms with Crippen molar-refractivity contribution in [1.29, 1.82) is 0 Å². The van der Waals surface area contributed by atoms with Crippen LogP contribution in [0.25, 0.3) is 11.1 Å². The molecular weight excluding hydrogens is 277 g/mol. The zero-order valence-corrected chi connectivity index (χ0v) is 12.6. The van der Waals surface area contributed by atoms with Crippen molar-refractivity contribution in [2.45, 2.75) is 19.9 Å². The molecule has 19 heavy (non-hydrogen) atoms. The lowest BCUT2D eigenvalue weighted by Crippen LogP contribution is -2.18. The fraction of sp³-hybridized carbons (Fsp3) is 0.250. The molecule has 0 saturated heterocycles. The van der Waals surface area contributed by atoms with Gasteiger partial charge in [0.15, 0.2) is 0 Å². The largest absolute Gasteiger partial charge is 0.310 e. The average Bonchev–Trinajstić information content (AvgIpc) is 2.39. The number of benzene rings is 2. The standard InChI is InChI=1S/C16H17Cl2N/c1-3-19-11(2)13-6-4-5-7-14(13)15-9-8-12(17)10-16(15)18/h4-11,19H,3H2,1-2H3. The third kappa shape index (κ3) is 3.30. The predicted molar refractivity (Wildman–Crippen MR) is 84.0 cm³/mol. The molecular formula is C16H17Cl2N. The van der Waals surface area contributed by atoms with Crippen molar-refractivity contribution in [3.05, 3.63) is 58.1 Å². The third-order valence-corrected chi connectivity index (χ3v) is 3.71. The minimum atomic E-state index is 0.285. The van der Waals surface area contributed by atoms with Crippen LogP contribution >= 0.6 is 23.2 Å². The Bertz CT molecular complexity index is 566. The van der Waals surface area contributed by atoms with E-state index in [9.17, 15) is 0 Å². The highest BCUT2D eigenvalue weighted by molar-refractivity contribution is 6.36. The maximum Gasteiger partial charge on any atom is 0.0499 e. The normalized spacial score (nSPS) is 12.4. The highest BCUT2D eigenvalue weighted by Crippen LogP contribution is 2.34. The van der Waals surface area contributed by atoms with Gasteiger partial charge >= 0.3 is 0 Å². The Morgan fingerprint density at radius 2 is 1.79 bits per heavy atom. The molecule has 1 nitrogen and oxygen atoms in total. The predicted octanol–water partition coefficient (Wildman–Crippen LogP) is 5.33. The lowest BCUT2D eigenvalue weighted by molar-refractivity contribution is 0.599. The van der Waals surface area contributed by atoms with Crippen molar-refractivity contribution < 1.29 is 0 Å². The van der Waals surface area contributed by atoms with Crippen molar-refractivity contribution in [3.8, 4) is 11.1 Å². The summed E-state index contributed by atoms with van der Waals surface area (Å²) < 4.78 is 0. The first-order valence-electron chi connectivity index (χ1n) is 6.41. The van der Waals surface area contributed by atoms with Gasteiger partial charge in [0, 0.05) is 21.7 Å². The topological polar surface area (TPSA) is 12.0 Å². The van der Waals surface area contributed by atoms with E-state index in [4.69, 9.17) is 23.2 Å². The zero-order chi connectivity index (χ0) is 13.8. The van der Waals surface area contributed by atoms with Gasteiger partial charge in [0.2, 0.25) is 0 Å². The summed E-state index contributed by atoms with van der Waals surface area (Å²) in [6, 6.07) is 14.2. The molecule has 0 aromatic heterocycles. The monoisotopic (exact) mass is 293 g/mol. The Balaban J connectivity index is 2.50. The molecule has 0 heterocycles. The van der Waals surface area contributed by atoms with E-state index in [1.807, 2.05) is 18.2 Å². The number of halogens is 2. The van der Waals surface area contributed by atoms with Gasteiger partial charge in [-0.3, -0.25) is 0 Å². The van der Waals surface area contributed by atoms with Gasteiger partial charge < -0.3 is 5.32 Å². The van der Waals surface area contributed by atoms with Crippen LogP contribution in [0.4, 0.5) is 0 Å². The minimum Gasteiger partial charge on any atom is -0.310 e. The second-order valence-electron chi connectivity index (χ2n) is 4.49. The number of hydrogen-bond donors (Lipinski definition) is 1. The summed E-state index contributed by atoms with van der Waals surface area (Å²) in [4.78, 5) is 0. The smallest absolute Gasteiger partial charge is 0.0499 e. The number of hydrogen-bond acceptors (Lipinski definition) is 1. The second-order valence-corrected chi connectivity index (χ2v) is 5.33. The number of nitrogens with one attached hydrogen (secondary N) is 1. The van der Waals surface area contributed by atoms with Gasteiger partial charge in [0.25, 0.3) is 0 Å². The van der Waals surface area contributed by atoms with Crippen molar-refractivity contribution in [1.82, 2.24) is 5.32 Å². The molecule has 1 atom stereocenters. The van der Waals surface area contributed by atoms with Gasteiger partial charge in [-0.2, -0.15) is 0 Å². The van der Waals surface area contributed by atoms with E-state index < -0.39 is 0 Å². The van der Waals surface area contributed by atoms with Crippen LogP contribution in [0, 0.1) is 0 Å². The molecule has 3 heteroatoms. The van der Waals surface area contributed by atoms with Gasteiger partial charge in [-0.15, -0.1) is 0 Å². The van der Waals surface area contributed by atoms with Crippen LogP contribution in [0.3, 0.4) is 0 Å². The van der Waals surface area contributed by atoms with E-state index in [0.29, 0.717) is 10.0 Å². The van der Waals surface area contributed by atoms with Crippen molar-refractivity contribution in [2.75, 3.05) is 6.54 Å². The molecule has 2 aromatic carbocycles.